The second-order valence-corrected chi connectivity index (χ2v) is 7.04. The fourth-order valence-corrected chi connectivity index (χ4v) is 3.24. The molecule has 0 radical (unpaired) electrons. The molecule has 0 fully saturated rings. The van der Waals surface area contributed by atoms with Crippen molar-refractivity contribution in [1.29, 1.82) is 0 Å². The molecule has 27 heavy (non-hydrogen) atoms. The lowest BCUT2D eigenvalue weighted by molar-refractivity contribution is 0.0947. The van der Waals surface area contributed by atoms with Gasteiger partial charge in [0.15, 0.2) is 0 Å². The molecule has 0 aliphatic heterocycles. The summed E-state index contributed by atoms with van der Waals surface area (Å²) in [6, 6.07) is 10.3. The molecule has 0 aliphatic carbocycles. The number of rotatable bonds is 7. The van der Waals surface area contributed by atoms with E-state index in [0.29, 0.717) is 28.6 Å². The van der Waals surface area contributed by atoms with Gasteiger partial charge < -0.3 is 15.1 Å². The zero-order chi connectivity index (χ0) is 19.2. The number of hydrogen-bond donors (Lipinski definition) is 2. The number of nitrogens with one attached hydrogen (secondary N) is 2. The van der Waals surface area contributed by atoms with E-state index in [9.17, 15) is 9.59 Å². The third kappa shape index (κ3) is 5.01. The maximum Gasteiger partial charge on any atom is 0.286 e. The number of nitrogens with zero attached hydrogens (tertiary/aromatic N) is 2. The van der Waals surface area contributed by atoms with Crippen molar-refractivity contribution in [2.45, 2.75) is 33.2 Å². The molecule has 0 saturated carbocycles. The number of benzene rings is 1. The summed E-state index contributed by atoms with van der Waals surface area (Å²) < 4.78 is 5.42. The molecular formula is C19H20N4O3S. The average Bonchev–Trinajstić information content (AvgIpc) is 3.30. The number of carbonyl (C=O) groups is 2. The lowest BCUT2D eigenvalue weighted by Gasteiger charge is -2.06. The Labute approximate surface area is 160 Å². The summed E-state index contributed by atoms with van der Waals surface area (Å²) in [6.07, 6.45) is 1.77. The third-order valence-electron chi connectivity index (χ3n) is 3.75. The Morgan fingerprint density at radius 2 is 1.85 bits per heavy atom. The predicted molar refractivity (Wildman–Crippen MR) is 103 cm³/mol. The fraction of sp³-hybridized carbons (Fsp3) is 0.263. The molecule has 2 aromatic heterocycles. The second kappa shape index (κ2) is 8.59. The van der Waals surface area contributed by atoms with Crippen LogP contribution in [-0.4, -0.2) is 22.0 Å². The van der Waals surface area contributed by atoms with E-state index in [-0.39, 0.29) is 11.8 Å². The van der Waals surface area contributed by atoms with E-state index < -0.39 is 0 Å². The van der Waals surface area contributed by atoms with E-state index in [1.807, 2.05) is 19.1 Å². The lowest BCUT2D eigenvalue weighted by Crippen LogP contribution is -2.22. The molecule has 140 valence electrons. The molecule has 2 amide bonds. The lowest BCUT2D eigenvalue weighted by atomic mass is 10.2. The number of amides is 2. The summed E-state index contributed by atoms with van der Waals surface area (Å²) in [4.78, 5) is 24.4. The van der Waals surface area contributed by atoms with E-state index in [0.717, 1.165) is 23.6 Å². The van der Waals surface area contributed by atoms with Crippen LogP contribution in [0.4, 0.5) is 5.69 Å². The van der Waals surface area contributed by atoms with Crippen LogP contribution in [0, 0.1) is 6.92 Å². The van der Waals surface area contributed by atoms with Crippen molar-refractivity contribution in [3.05, 3.63) is 63.5 Å². The maximum absolute atomic E-state index is 12.2. The van der Waals surface area contributed by atoms with Gasteiger partial charge in [0.05, 0.1) is 6.54 Å². The number of aryl methyl sites for hydroxylation is 2. The van der Waals surface area contributed by atoms with Gasteiger partial charge >= 0.3 is 0 Å². The number of anilines is 1. The van der Waals surface area contributed by atoms with Crippen molar-refractivity contribution in [2.75, 3.05) is 5.32 Å². The van der Waals surface area contributed by atoms with Crippen molar-refractivity contribution in [2.24, 2.45) is 0 Å². The van der Waals surface area contributed by atoms with Gasteiger partial charge in [-0.05, 0) is 49.7 Å². The van der Waals surface area contributed by atoms with Crippen LogP contribution in [0.2, 0.25) is 0 Å². The quantitative estimate of drug-likeness (QED) is 0.649. The van der Waals surface area contributed by atoms with Gasteiger partial charge in [-0.25, -0.2) is 0 Å². The standard InChI is InChI=1S/C19H20N4O3S/c1-3-4-16-22-23-19(27-16)18(25)21-14-8-6-13(7-9-14)17(24)20-11-15-10-5-12(2)26-15/h5-10H,3-4,11H2,1-2H3,(H,20,24)(H,21,25). The molecule has 2 N–H and O–H groups in total. The molecule has 0 bridgehead atoms. The van der Waals surface area contributed by atoms with E-state index in [4.69, 9.17) is 4.42 Å². The molecule has 0 unspecified atom stereocenters. The molecule has 3 rings (SSSR count). The van der Waals surface area contributed by atoms with Gasteiger partial charge in [-0.1, -0.05) is 18.3 Å². The summed E-state index contributed by atoms with van der Waals surface area (Å²) in [5.74, 6) is 0.983. The predicted octanol–water partition coefficient (Wildman–Crippen LogP) is 3.57. The van der Waals surface area contributed by atoms with E-state index in [2.05, 4.69) is 27.8 Å². The van der Waals surface area contributed by atoms with Crippen LogP contribution < -0.4 is 10.6 Å². The zero-order valence-corrected chi connectivity index (χ0v) is 15.9. The zero-order valence-electron chi connectivity index (χ0n) is 15.1. The van der Waals surface area contributed by atoms with Crippen LogP contribution in [0.1, 0.15) is 50.0 Å². The molecule has 2 heterocycles. The molecule has 0 spiro atoms. The van der Waals surface area contributed by atoms with Gasteiger partial charge in [-0.2, -0.15) is 0 Å². The maximum atomic E-state index is 12.2. The minimum Gasteiger partial charge on any atom is -0.465 e. The van der Waals surface area contributed by atoms with Gasteiger partial charge in [0.25, 0.3) is 11.8 Å². The normalized spacial score (nSPS) is 10.6. The molecule has 8 heteroatoms. The molecule has 1 aromatic carbocycles. The summed E-state index contributed by atoms with van der Waals surface area (Å²) >= 11 is 1.29. The first-order valence-corrected chi connectivity index (χ1v) is 9.44. The van der Waals surface area contributed by atoms with E-state index in [1.54, 1.807) is 24.3 Å². The summed E-state index contributed by atoms with van der Waals surface area (Å²) in [7, 11) is 0. The van der Waals surface area contributed by atoms with Gasteiger partial charge in [0.1, 0.15) is 16.5 Å². The molecule has 0 aliphatic rings. The number of hydrogen-bond acceptors (Lipinski definition) is 6. The smallest absolute Gasteiger partial charge is 0.286 e. The largest absolute Gasteiger partial charge is 0.465 e. The van der Waals surface area contributed by atoms with Crippen LogP contribution in [0.3, 0.4) is 0 Å². The molecule has 0 atom stereocenters. The Balaban J connectivity index is 1.55. The van der Waals surface area contributed by atoms with Crippen molar-refractivity contribution >= 4 is 28.8 Å². The number of carbonyl (C=O) groups excluding carboxylic acids is 2. The number of aromatic nitrogens is 2. The summed E-state index contributed by atoms with van der Waals surface area (Å²) in [5.41, 5.74) is 1.09. The summed E-state index contributed by atoms with van der Waals surface area (Å²) in [6.45, 7) is 4.22. The SMILES string of the molecule is CCCc1nnc(C(=O)Nc2ccc(C(=O)NCc3ccc(C)o3)cc2)s1. The minimum atomic E-state index is -0.305. The molecular weight excluding hydrogens is 364 g/mol. The Morgan fingerprint density at radius 1 is 1.07 bits per heavy atom. The monoisotopic (exact) mass is 384 g/mol. The van der Waals surface area contributed by atoms with Crippen molar-refractivity contribution in [3.8, 4) is 0 Å². The highest BCUT2D eigenvalue weighted by Gasteiger charge is 2.13. The van der Waals surface area contributed by atoms with E-state index in [1.165, 1.54) is 11.3 Å². The molecule has 0 saturated heterocycles. The highest BCUT2D eigenvalue weighted by molar-refractivity contribution is 7.13. The highest BCUT2D eigenvalue weighted by atomic mass is 32.1. The third-order valence-corrected chi connectivity index (χ3v) is 4.73. The van der Waals surface area contributed by atoms with Crippen LogP contribution in [0.5, 0.6) is 0 Å². The fourth-order valence-electron chi connectivity index (χ4n) is 2.40. The first kappa shape index (κ1) is 18.8. The van der Waals surface area contributed by atoms with Crippen LogP contribution in [0.15, 0.2) is 40.8 Å². The second-order valence-electron chi connectivity index (χ2n) is 5.98. The Hall–Kier alpha value is -3.00. The number of furan rings is 1. The van der Waals surface area contributed by atoms with Crippen LogP contribution in [0.25, 0.3) is 0 Å². The van der Waals surface area contributed by atoms with Gasteiger partial charge in [0.2, 0.25) is 5.01 Å². The highest BCUT2D eigenvalue weighted by Crippen LogP contribution is 2.15. The van der Waals surface area contributed by atoms with Crippen molar-refractivity contribution in [1.82, 2.24) is 15.5 Å². The molecule has 7 nitrogen and oxygen atoms in total. The topological polar surface area (TPSA) is 97.1 Å². The van der Waals surface area contributed by atoms with Gasteiger partial charge in [-0.15, -0.1) is 10.2 Å². The Kier molecular flexibility index (Phi) is 5.97. The van der Waals surface area contributed by atoms with Crippen LogP contribution in [-0.2, 0) is 13.0 Å². The minimum absolute atomic E-state index is 0.213. The Bertz CT molecular complexity index is 931. The van der Waals surface area contributed by atoms with Crippen LogP contribution >= 0.6 is 11.3 Å². The Morgan fingerprint density at radius 3 is 2.52 bits per heavy atom. The van der Waals surface area contributed by atoms with Crippen molar-refractivity contribution in [3.63, 3.8) is 0 Å². The van der Waals surface area contributed by atoms with Crippen molar-refractivity contribution < 1.29 is 14.0 Å². The summed E-state index contributed by atoms with van der Waals surface area (Å²) in [5, 5.41) is 14.6. The first-order chi connectivity index (χ1) is 13.0. The first-order valence-electron chi connectivity index (χ1n) is 8.62. The molecule has 3 aromatic rings. The van der Waals surface area contributed by atoms with E-state index >= 15 is 0 Å². The average molecular weight is 384 g/mol. The van der Waals surface area contributed by atoms with Gasteiger partial charge in [-0.3, -0.25) is 9.59 Å². The van der Waals surface area contributed by atoms with Gasteiger partial charge in [0, 0.05) is 17.7 Å².